The van der Waals surface area contributed by atoms with E-state index in [1.165, 1.54) is 4.90 Å². The summed E-state index contributed by atoms with van der Waals surface area (Å²) in [6, 6.07) is 3.15. The molecule has 1 rings (SSSR count). The van der Waals surface area contributed by atoms with Crippen LogP contribution in [0.15, 0.2) is 18.2 Å². The molecule has 1 aromatic carbocycles. The Balaban J connectivity index is 3.37. The number of esters is 1. The van der Waals surface area contributed by atoms with E-state index in [2.05, 4.69) is 10.6 Å². The topological polar surface area (TPSA) is 134 Å². The van der Waals surface area contributed by atoms with Crippen molar-refractivity contribution in [3.05, 3.63) is 34.9 Å². The molecular formula is C28H45N3O7. The molecule has 3 N–H and O–H groups in total. The van der Waals surface area contributed by atoms with E-state index in [9.17, 15) is 24.3 Å². The van der Waals surface area contributed by atoms with Gasteiger partial charge >= 0.3 is 12.1 Å². The summed E-state index contributed by atoms with van der Waals surface area (Å²) in [4.78, 5) is 52.8. The van der Waals surface area contributed by atoms with Crippen molar-refractivity contribution in [3.8, 4) is 0 Å². The van der Waals surface area contributed by atoms with Crippen LogP contribution in [0.4, 0.5) is 4.79 Å². The van der Waals surface area contributed by atoms with Crippen LogP contribution < -0.4 is 10.6 Å². The van der Waals surface area contributed by atoms with Gasteiger partial charge in [-0.15, -0.1) is 0 Å². The van der Waals surface area contributed by atoms with Gasteiger partial charge in [0.1, 0.15) is 17.7 Å². The van der Waals surface area contributed by atoms with E-state index in [0.717, 1.165) is 24.0 Å². The zero-order valence-electron chi connectivity index (χ0n) is 23.9. The Hall–Kier alpha value is -3.14. The number of unbranched alkanes of at least 4 members (excludes halogenated alkanes) is 2. The molecule has 0 radical (unpaired) electrons. The lowest BCUT2D eigenvalue weighted by molar-refractivity contribution is -0.144. The fraction of sp³-hybridized carbons (Fsp3) is 0.643. The molecule has 0 heterocycles. The van der Waals surface area contributed by atoms with Crippen LogP contribution >= 0.6 is 0 Å². The maximum Gasteiger partial charge on any atom is 0.408 e. The first-order valence-electron chi connectivity index (χ1n) is 13.3. The lowest BCUT2D eigenvalue weighted by atomic mass is 9.98. The Morgan fingerprint density at radius 3 is 2.29 bits per heavy atom. The number of ether oxygens (including phenoxy) is 2. The van der Waals surface area contributed by atoms with Crippen molar-refractivity contribution >= 4 is 23.9 Å². The first-order valence-corrected chi connectivity index (χ1v) is 13.3. The Labute approximate surface area is 226 Å². The Morgan fingerprint density at radius 1 is 1.05 bits per heavy atom. The van der Waals surface area contributed by atoms with Crippen molar-refractivity contribution in [2.24, 2.45) is 0 Å². The number of rotatable bonds is 14. The van der Waals surface area contributed by atoms with Crippen LogP contribution in [0.5, 0.6) is 0 Å². The number of nitrogens with zero attached hydrogens (tertiary/aromatic N) is 1. The van der Waals surface area contributed by atoms with Gasteiger partial charge in [0.15, 0.2) is 0 Å². The molecule has 0 aliphatic carbocycles. The lowest BCUT2D eigenvalue weighted by Crippen LogP contribution is -2.54. The van der Waals surface area contributed by atoms with Gasteiger partial charge in [-0.25, -0.2) is 4.79 Å². The van der Waals surface area contributed by atoms with E-state index in [4.69, 9.17) is 9.47 Å². The largest absolute Gasteiger partial charge is 0.466 e. The number of aryl methyl sites for hydroxylation is 2. The average molecular weight is 536 g/mol. The number of alkyl carbamates (subject to hydrolysis) is 1. The number of hydrogen-bond acceptors (Lipinski definition) is 7. The van der Waals surface area contributed by atoms with E-state index in [0.29, 0.717) is 12.0 Å². The Kier molecular flexibility index (Phi) is 13.8. The minimum Gasteiger partial charge on any atom is -0.466 e. The summed E-state index contributed by atoms with van der Waals surface area (Å²) in [7, 11) is 0. The summed E-state index contributed by atoms with van der Waals surface area (Å²) in [5, 5.41) is 15.2. The molecule has 0 saturated heterocycles. The molecule has 38 heavy (non-hydrogen) atoms. The second-order valence-electron chi connectivity index (χ2n) is 10.2. The summed E-state index contributed by atoms with van der Waals surface area (Å²) in [6.45, 7) is 12.5. The lowest BCUT2D eigenvalue weighted by Gasteiger charge is -2.34. The SMILES string of the molecule is CCCCCN(C(=O)C(CO)NC(=O)OC(C)(C)C)C(C(=O)NCCC(=O)OCC)c1ccc(C)c(C)c1. The highest BCUT2D eigenvalue weighted by molar-refractivity contribution is 5.92. The number of amides is 3. The van der Waals surface area contributed by atoms with Crippen molar-refractivity contribution in [1.82, 2.24) is 15.5 Å². The van der Waals surface area contributed by atoms with Crippen LogP contribution in [-0.4, -0.2) is 71.8 Å². The standard InChI is InChI=1S/C28H45N3O7/c1-8-10-11-16-31(26(35)22(18-32)30-27(36)38-28(5,6)7)24(21-13-12-19(3)20(4)17-21)25(34)29-15-14-23(33)37-9-2/h12-13,17,22,24,32H,8-11,14-16,18H2,1-7H3,(H,29,34)(H,30,36). The fourth-order valence-corrected chi connectivity index (χ4v) is 3.76. The Morgan fingerprint density at radius 2 is 1.74 bits per heavy atom. The molecule has 0 aliphatic heterocycles. The molecule has 10 heteroatoms. The minimum atomic E-state index is -1.31. The molecular weight excluding hydrogens is 490 g/mol. The van der Waals surface area contributed by atoms with Gasteiger partial charge in [0.2, 0.25) is 11.8 Å². The molecule has 0 aliphatic rings. The second kappa shape index (κ2) is 16.0. The monoisotopic (exact) mass is 535 g/mol. The zero-order chi connectivity index (χ0) is 28.9. The first-order chi connectivity index (χ1) is 17.8. The predicted octanol–water partition coefficient (Wildman–Crippen LogP) is 3.32. The predicted molar refractivity (Wildman–Crippen MR) is 144 cm³/mol. The third kappa shape index (κ3) is 11.1. The van der Waals surface area contributed by atoms with E-state index >= 15 is 0 Å². The third-order valence-corrected chi connectivity index (χ3v) is 5.80. The highest BCUT2D eigenvalue weighted by Crippen LogP contribution is 2.25. The van der Waals surface area contributed by atoms with Crippen molar-refractivity contribution in [3.63, 3.8) is 0 Å². The number of benzene rings is 1. The molecule has 0 spiro atoms. The zero-order valence-corrected chi connectivity index (χ0v) is 23.9. The highest BCUT2D eigenvalue weighted by Gasteiger charge is 2.36. The van der Waals surface area contributed by atoms with E-state index in [1.54, 1.807) is 33.8 Å². The van der Waals surface area contributed by atoms with E-state index < -0.39 is 48.2 Å². The molecule has 0 fully saturated rings. The summed E-state index contributed by atoms with van der Waals surface area (Å²) >= 11 is 0. The molecule has 214 valence electrons. The highest BCUT2D eigenvalue weighted by atomic mass is 16.6. The van der Waals surface area contributed by atoms with Crippen LogP contribution in [0.2, 0.25) is 0 Å². The van der Waals surface area contributed by atoms with Gasteiger partial charge in [-0.05, 0) is 64.7 Å². The van der Waals surface area contributed by atoms with Crippen molar-refractivity contribution in [2.75, 3.05) is 26.3 Å². The smallest absolute Gasteiger partial charge is 0.408 e. The summed E-state index contributed by atoms with van der Waals surface area (Å²) in [5.41, 5.74) is 1.76. The normalized spacial score (nSPS) is 12.7. The maximum atomic E-state index is 13.7. The molecule has 1 aromatic rings. The third-order valence-electron chi connectivity index (χ3n) is 5.80. The van der Waals surface area contributed by atoms with Gasteiger partial charge in [-0.3, -0.25) is 14.4 Å². The summed E-state index contributed by atoms with van der Waals surface area (Å²) in [5.74, 6) is -1.53. The molecule has 10 nitrogen and oxygen atoms in total. The molecule has 0 aromatic heterocycles. The second-order valence-corrected chi connectivity index (χ2v) is 10.2. The quantitative estimate of drug-likeness (QED) is 0.246. The summed E-state index contributed by atoms with van der Waals surface area (Å²) in [6.07, 6.45) is 1.46. The molecule has 2 atom stereocenters. The van der Waals surface area contributed by atoms with Crippen LogP contribution in [-0.2, 0) is 23.9 Å². The Bertz CT molecular complexity index is 943. The number of hydrogen-bond donors (Lipinski definition) is 3. The van der Waals surface area contributed by atoms with Crippen LogP contribution in [0.3, 0.4) is 0 Å². The maximum absolute atomic E-state index is 13.7. The van der Waals surface area contributed by atoms with Crippen LogP contribution in [0.25, 0.3) is 0 Å². The molecule has 2 unspecified atom stereocenters. The minimum absolute atomic E-state index is 0.0114. The number of carbonyl (C=O) groups is 4. The number of aliphatic hydroxyl groups is 1. The molecule has 0 bridgehead atoms. The van der Waals surface area contributed by atoms with Crippen molar-refractivity contribution in [1.29, 1.82) is 0 Å². The molecule has 3 amide bonds. The number of nitrogens with one attached hydrogen (secondary N) is 2. The van der Waals surface area contributed by atoms with Crippen LogP contribution in [0.1, 0.15) is 83.0 Å². The average Bonchev–Trinajstić information content (AvgIpc) is 2.82. The van der Waals surface area contributed by atoms with E-state index in [1.807, 2.05) is 32.9 Å². The fourth-order valence-electron chi connectivity index (χ4n) is 3.76. The molecule has 0 saturated carbocycles. The first kappa shape index (κ1) is 32.9. The number of carbonyl (C=O) groups excluding carboxylic acids is 4. The van der Waals surface area contributed by atoms with Gasteiger partial charge in [0.25, 0.3) is 0 Å². The number of aliphatic hydroxyl groups excluding tert-OH is 1. The van der Waals surface area contributed by atoms with Gasteiger partial charge in [0, 0.05) is 13.1 Å². The summed E-state index contributed by atoms with van der Waals surface area (Å²) < 4.78 is 10.2. The van der Waals surface area contributed by atoms with Gasteiger partial charge < -0.3 is 30.1 Å². The van der Waals surface area contributed by atoms with Gasteiger partial charge in [0.05, 0.1) is 19.6 Å². The van der Waals surface area contributed by atoms with Gasteiger partial charge in [-0.2, -0.15) is 0 Å². The van der Waals surface area contributed by atoms with Crippen molar-refractivity contribution in [2.45, 2.75) is 91.8 Å². The van der Waals surface area contributed by atoms with Crippen LogP contribution in [0, 0.1) is 13.8 Å². The van der Waals surface area contributed by atoms with Gasteiger partial charge in [-0.1, -0.05) is 38.0 Å². The van der Waals surface area contributed by atoms with E-state index in [-0.39, 0.29) is 26.1 Å². The van der Waals surface area contributed by atoms with Crippen molar-refractivity contribution < 1.29 is 33.8 Å².